The summed E-state index contributed by atoms with van der Waals surface area (Å²) in [5.74, 6) is 1.29. The summed E-state index contributed by atoms with van der Waals surface area (Å²) in [4.78, 5) is 21.0. The summed E-state index contributed by atoms with van der Waals surface area (Å²) in [7, 11) is 0. The van der Waals surface area contributed by atoms with Gasteiger partial charge in [-0.15, -0.1) is 11.3 Å². The number of nitrogens with one attached hydrogen (secondary N) is 1. The van der Waals surface area contributed by atoms with Crippen LogP contribution in [0.2, 0.25) is 0 Å². The Morgan fingerprint density at radius 3 is 2.72 bits per heavy atom. The van der Waals surface area contributed by atoms with Crippen molar-refractivity contribution in [3.63, 3.8) is 0 Å². The zero-order valence-electron chi connectivity index (χ0n) is 17.0. The van der Waals surface area contributed by atoms with Crippen LogP contribution in [0.4, 0.5) is 0 Å². The Labute approximate surface area is 188 Å². The number of rotatable bonds is 7. The molecule has 2 aromatic carbocycles. The van der Waals surface area contributed by atoms with Gasteiger partial charge in [-0.3, -0.25) is 9.78 Å². The summed E-state index contributed by atoms with van der Waals surface area (Å²) in [5.41, 5.74) is 1.86. The molecule has 0 atom stereocenters. The molecule has 7 heteroatoms. The van der Waals surface area contributed by atoms with Gasteiger partial charge in [0.05, 0.1) is 12.2 Å². The van der Waals surface area contributed by atoms with Crippen molar-refractivity contribution in [1.82, 2.24) is 15.3 Å². The minimum Gasteiger partial charge on any atom is -0.486 e. The van der Waals surface area contributed by atoms with Gasteiger partial charge in [0.25, 0.3) is 5.91 Å². The SMILES string of the molecule is O=C(NCc1nc(-c2ccncc2)cs1)c1ccc(COc2ccc3ccccc3c2)o1. The highest BCUT2D eigenvalue weighted by molar-refractivity contribution is 7.09. The fourth-order valence-corrected chi connectivity index (χ4v) is 4.02. The lowest BCUT2D eigenvalue weighted by Crippen LogP contribution is -2.22. The van der Waals surface area contributed by atoms with Gasteiger partial charge in [-0.25, -0.2) is 4.98 Å². The van der Waals surface area contributed by atoms with Crippen LogP contribution in [0.3, 0.4) is 0 Å². The van der Waals surface area contributed by atoms with Gasteiger partial charge >= 0.3 is 0 Å². The number of nitrogens with zero attached hydrogens (tertiary/aromatic N) is 2. The lowest BCUT2D eigenvalue weighted by molar-refractivity contribution is 0.0919. The molecule has 6 nitrogen and oxygen atoms in total. The van der Waals surface area contributed by atoms with Crippen LogP contribution in [0.25, 0.3) is 22.0 Å². The molecule has 0 unspecified atom stereocenters. The van der Waals surface area contributed by atoms with Crippen LogP contribution in [0.5, 0.6) is 5.75 Å². The Bertz CT molecular complexity index is 1360. The summed E-state index contributed by atoms with van der Waals surface area (Å²) in [5, 5.41) is 7.90. The summed E-state index contributed by atoms with van der Waals surface area (Å²) < 4.78 is 11.5. The predicted molar refractivity (Wildman–Crippen MR) is 124 cm³/mol. The maximum atomic E-state index is 12.5. The minimum absolute atomic E-state index is 0.243. The number of thiazole rings is 1. The summed E-state index contributed by atoms with van der Waals surface area (Å²) >= 11 is 1.50. The fourth-order valence-electron chi connectivity index (χ4n) is 3.28. The molecule has 3 aromatic heterocycles. The van der Waals surface area contributed by atoms with Crippen LogP contribution >= 0.6 is 11.3 Å². The molecule has 1 amide bonds. The highest BCUT2D eigenvalue weighted by atomic mass is 32.1. The molecule has 0 spiro atoms. The molecule has 0 saturated heterocycles. The Kier molecular flexibility index (Phi) is 5.63. The lowest BCUT2D eigenvalue weighted by Gasteiger charge is -2.06. The number of ether oxygens (including phenoxy) is 1. The van der Waals surface area contributed by atoms with E-state index in [-0.39, 0.29) is 18.3 Å². The average Bonchev–Trinajstić information content (AvgIpc) is 3.52. The first-order chi connectivity index (χ1) is 15.7. The molecule has 32 heavy (non-hydrogen) atoms. The number of carbonyl (C=O) groups excluding carboxylic acids is 1. The Hall–Kier alpha value is -3.97. The highest BCUT2D eigenvalue weighted by Gasteiger charge is 2.13. The van der Waals surface area contributed by atoms with E-state index in [2.05, 4.69) is 21.4 Å². The second-order valence-corrected chi connectivity index (χ2v) is 8.05. The highest BCUT2D eigenvalue weighted by Crippen LogP contribution is 2.23. The van der Waals surface area contributed by atoms with Crippen molar-refractivity contribution in [2.24, 2.45) is 0 Å². The molecule has 0 saturated carbocycles. The van der Waals surface area contributed by atoms with Crippen molar-refractivity contribution in [3.8, 4) is 17.0 Å². The Morgan fingerprint density at radius 2 is 1.84 bits per heavy atom. The number of benzene rings is 2. The summed E-state index contributed by atoms with van der Waals surface area (Å²) in [6.45, 7) is 0.575. The van der Waals surface area contributed by atoms with Crippen LogP contribution < -0.4 is 10.1 Å². The molecule has 5 rings (SSSR count). The number of furan rings is 1. The largest absolute Gasteiger partial charge is 0.486 e. The second kappa shape index (κ2) is 9.03. The van der Waals surface area contributed by atoms with E-state index in [9.17, 15) is 4.79 Å². The number of pyridine rings is 1. The number of aromatic nitrogens is 2. The molecule has 3 heterocycles. The van der Waals surface area contributed by atoms with Gasteiger partial charge in [0.15, 0.2) is 5.76 Å². The van der Waals surface area contributed by atoms with Crippen molar-refractivity contribution in [3.05, 3.63) is 101 Å². The summed E-state index contributed by atoms with van der Waals surface area (Å²) in [6.07, 6.45) is 3.46. The number of amides is 1. The Balaban J connectivity index is 1.16. The third-order valence-electron chi connectivity index (χ3n) is 4.92. The molecule has 0 aliphatic rings. The zero-order valence-corrected chi connectivity index (χ0v) is 17.8. The summed E-state index contributed by atoms with van der Waals surface area (Å²) in [6, 6.07) is 21.2. The van der Waals surface area contributed by atoms with E-state index in [1.165, 1.54) is 11.3 Å². The smallest absolute Gasteiger partial charge is 0.287 e. The van der Waals surface area contributed by atoms with Crippen LogP contribution in [0.1, 0.15) is 21.3 Å². The minimum atomic E-state index is -0.289. The van der Waals surface area contributed by atoms with E-state index in [0.717, 1.165) is 32.8 Å². The number of hydrogen-bond acceptors (Lipinski definition) is 6. The van der Waals surface area contributed by atoms with Crippen molar-refractivity contribution >= 4 is 28.0 Å². The third-order valence-corrected chi connectivity index (χ3v) is 5.76. The standard InChI is InChI=1S/C25H19N3O3S/c29-25(27-14-24-28-22(16-32-24)18-9-11-26-12-10-18)23-8-7-21(31-23)15-30-20-6-5-17-3-1-2-4-19(17)13-20/h1-13,16H,14-15H2,(H,27,29). The lowest BCUT2D eigenvalue weighted by atomic mass is 10.1. The fraction of sp³-hybridized carbons (Fsp3) is 0.0800. The molecule has 0 fully saturated rings. The molecule has 0 aliphatic carbocycles. The van der Waals surface area contributed by atoms with Crippen LogP contribution in [0, 0.1) is 0 Å². The van der Waals surface area contributed by atoms with E-state index >= 15 is 0 Å². The maximum absolute atomic E-state index is 12.5. The van der Waals surface area contributed by atoms with E-state index < -0.39 is 0 Å². The van der Waals surface area contributed by atoms with Gasteiger partial charge in [-0.05, 0) is 47.2 Å². The van der Waals surface area contributed by atoms with Crippen LogP contribution in [0.15, 0.2) is 88.9 Å². The second-order valence-electron chi connectivity index (χ2n) is 7.11. The quantitative estimate of drug-likeness (QED) is 0.363. The molecule has 0 aliphatic heterocycles. The van der Waals surface area contributed by atoms with Gasteiger partial charge in [-0.1, -0.05) is 30.3 Å². The number of fused-ring (bicyclic) bond motifs is 1. The van der Waals surface area contributed by atoms with E-state index in [1.54, 1.807) is 24.5 Å². The molecule has 0 radical (unpaired) electrons. The predicted octanol–water partition coefficient (Wildman–Crippen LogP) is 5.46. The normalized spacial score (nSPS) is 10.9. The first kappa shape index (κ1) is 20.0. The first-order valence-corrected chi connectivity index (χ1v) is 11.0. The molecular formula is C25H19N3O3S. The molecular weight excluding hydrogens is 422 g/mol. The maximum Gasteiger partial charge on any atom is 0.287 e. The van der Waals surface area contributed by atoms with E-state index in [0.29, 0.717) is 12.3 Å². The third kappa shape index (κ3) is 4.53. The van der Waals surface area contributed by atoms with Crippen molar-refractivity contribution in [2.45, 2.75) is 13.2 Å². The average molecular weight is 442 g/mol. The van der Waals surface area contributed by atoms with Gasteiger partial charge in [0.2, 0.25) is 0 Å². The molecule has 158 valence electrons. The zero-order chi connectivity index (χ0) is 21.8. The van der Waals surface area contributed by atoms with Crippen LogP contribution in [-0.4, -0.2) is 15.9 Å². The topological polar surface area (TPSA) is 77.2 Å². The molecule has 5 aromatic rings. The van der Waals surface area contributed by atoms with E-state index in [1.807, 2.05) is 53.9 Å². The monoisotopic (exact) mass is 441 g/mol. The van der Waals surface area contributed by atoms with E-state index in [4.69, 9.17) is 9.15 Å². The van der Waals surface area contributed by atoms with Crippen molar-refractivity contribution < 1.29 is 13.9 Å². The number of hydrogen-bond donors (Lipinski definition) is 1. The van der Waals surface area contributed by atoms with Gasteiger partial charge in [-0.2, -0.15) is 0 Å². The molecule has 1 N–H and O–H groups in total. The Morgan fingerprint density at radius 1 is 1.00 bits per heavy atom. The van der Waals surface area contributed by atoms with Gasteiger partial charge in [0.1, 0.15) is 23.1 Å². The van der Waals surface area contributed by atoms with Gasteiger partial charge in [0, 0.05) is 23.3 Å². The van der Waals surface area contributed by atoms with Crippen molar-refractivity contribution in [1.29, 1.82) is 0 Å². The number of carbonyl (C=O) groups is 1. The molecule has 0 bridgehead atoms. The first-order valence-electron chi connectivity index (χ1n) is 10.1. The van der Waals surface area contributed by atoms with Gasteiger partial charge < -0.3 is 14.5 Å². The van der Waals surface area contributed by atoms with Crippen molar-refractivity contribution in [2.75, 3.05) is 0 Å². The van der Waals surface area contributed by atoms with Crippen LogP contribution in [-0.2, 0) is 13.2 Å².